The molecule has 0 spiro atoms. The second kappa shape index (κ2) is 3.54. The van der Waals surface area contributed by atoms with Gasteiger partial charge in [0.15, 0.2) is 0 Å². The smallest absolute Gasteiger partial charge is 0.224 e. The molecule has 0 saturated heterocycles. The minimum atomic E-state index is -2.61. The highest BCUT2D eigenvalue weighted by atomic mass is 35.5. The Balaban J connectivity index is 3.23. The summed E-state index contributed by atoms with van der Waals surface area (Å²) in [6.07, 6.45) is -2.61. The van der Waals surface area contributed by atoms with E-state index in [0.717, 1.165) is 0 Å². The molecule has 66 valence electrons. The van der Waals surface area contributed by atoms with Gasteiger partial charge in [-0.25, -0.2) is 13.8 Å². The number of nitrogens with zero attached hydrogens (tertiary/aromatic N) is 1. The zero-order valence-corrected chi connectivity index (χ0v) is 7.63. The van der Waals surface area contributed by atoms with Gasteiger partial charge < -0.3 is 0 Å². The van der Waals surface area contributed by atoms with Gasteiger partial charge in [0.05, 0.1) is 5.56 Å². The Morgan fingerprint density at radius 2 is 1.92 bits per heavy atom. The zero-order valence-electron chi connectivity index (χ0n) is 6.11. The number of pyridine rings is 1. The molecule has 0 aliphatic heterocycles. The minimum absolute atomic E-state index is 0.157. The zero-order chi connectivity index (χ0) is 9.30. The topological polar surface area (TPSA) is 12.9 Å². The number of alkyl halides is 2. The Labute approximate surface area is 78.3 Å². The third kappa shape index (κ3) is 1.84. The molecule has 1 nitrogen and oxygen atoms in total. The number of aromatic nitrogens is 1. The first-order valence-corrected chi connectivity index (χ1v) is 3.88. The van der Waals surface area contributed by atoms with Gasteiger partial charge in [0.1, 0.15) is 10.3 Å². The molecule has 1 rings (SSSR count). The fourth-order valence-corrected chi connectivity index (χ4v) is 1.15. The summed E-state index contributed by atoms with van der Waals surface area (Å²) in [5.41, 5.74) is 0.218. The lowest BCUT2D eigenvalue weighted by Crippen LogP contribution is -1.92. The maximum absolute atomic E-state index is 12.2. The molecule has 12 heavy (non-hydrogen) atoms. The van der Waals surface area contributed by atoms with E-state index < -0.39 is 6.43 Å². The molecule has 0 atom stereocenters. The van der Waals surface area contributed by atoms with Crippen LogP contribution in [-0.2, 0) is 0 Å². The van der Waals surface area contributed by atoms with Gasteiger partial charge >= 0.3 is 0 Å². The summed E-state index contributed by atoms with van der Waals surface area (Å²) < 4.78 is 24.3. The van der Waals surface area contributed by atoms with E-state index in [2.05, 4.69) is 4.98 Å². The molecule has 5 heteroatoms. The maximum atomic E-state index is 12.2. The standard InChI is InChI=1S/C7H5Cl2F2N/c1-3-2-4(7(10)11)6(9)12-5(3)8/h2,7H,1H3. The molecule has 1 heterocycles. The minimum Gasteiger partial charge on any atom is -0.224 e. The van der Waals surface area contributed by atoms with Crippen molar-refractivity contribution in [3.05, 3.63) is 27.5 Å². The van der Waals surface area contributed by atoms with Gasteiger partial charge in [-0.3, -0.25) is 0 Å². The lowest BCUT2D eigenvalue weighted by atomic mass is 10.2. The third-order valence-electron chi connectivity index (χ3n) is 1.37. The van der Waals surface area contributed by atoms with Gasteiger partial charge in [0.2, 0.25) is 0 Å². The normalized spacial score (nSPS) is 10.8. The average molecular weight is 212 g/mol. The maximum Gasteiger partial charge on any atom is 0.266 e. The number of hydrogen-bond acceptors (Lipinski definition) is 1. The van der Waals surface area contributed by atoms with Crippen molar-refractivity contribution in [2.24, 2.45) is 0 Å². The van der Waals surface area contributed by atoms with Gasteiger partial charge in [0, 0.05) is 0 Å². The van der Waals surface area contributed by atoms with Crippen LogP contribution in [0.15, 0.2) is 6.07 Å². The summed E-state index contributed by atoms with van der Waals surface area (Å²) in [5, 5.41) is -0.0787. The molecule has 0 saturated carbocycles. The van der Waals surface area contributed by atoms with E-state index in [1.165, 1.54) is 6.07 Å². The van der Waals surface area contributed by atoms with Crippen LogP contribution in [0.1, 0.15) is 17.6 Å². The first-order valence-electron chi connectivity index (χ1n) is 3.13. The summed E-state index contributed by atoms with van der Waals surface area (Å²) in [6, 6.07) is 1.24. The Kier molecular flexibility index (Phi) is 2.85. The Morgan fingerprint density at radius 3 is 2.42 bits per heavy atom. The van der Waals surface area contributed by atoms with Gasteiger partial charge in [-0.1, -0.05) is 23.2 Å². The van der Waals surface area contributed by atoms with Gasteiger partial charge in [0.25, 0.3) is 6.43 Å². The highest BCUT2D eigenvalue weighted by Gasteiger charge is 2.14. The SMILES string of the molecule is Cc1cc(C(F)F)c(Cl)nc1Cl. The Morgan fingerprint density at radius 1 is 1.33 bits per heavy atom. The summed E-state index contributed by atoms with van der Waals surface area (Å²) in [4.78, 5) is 3.55. The monoisotopic (exact) mass is 211 g/mol. The molecule has 0 aliphatic rings. The summed E-state index contributed by atoms with van der Waals surface area (Å²) in [5.74, 6) is 0. The third-order valence-corrected chi connectivity index (χ3v) is 2.05. The predicted molar refractivity (Wildman–Crippen MR) is 44.0 cm³/mol. The van der Waals surface area contributed by atoms with Crippen LogP contribution < -0.4 is 0 Å². The summed E-state index contributed by atoms with van der Waals surface area (Å²) in [7, 11) is 0. The van der Waals surface area contributed by atoms with Crippen molar-refractivity contribution in [3.63, 3.8) is 0 Å². The predicted octanol–water partition coefficient (Wildman–Crippen LogP) is 3.63. The van der Waals surface area contributed by atoms with Crippen LogP contribution in [0.2, 0.25) is 10.3 Å². The average Bonchev–Trinajstić information content (AvgIpc) is 1.96. The van der Waals surface area contributed by atoms with Crippen LogP contribution in [0.5, 0.6) is 0 Å². The molecular formula is C7H5Cl2F2N. The van der Waals surface area contributed by atoms with Crippen molar-refractivity contribution in [2.45, 2.75) is 13.3 Å². The Hall–Kier alpha value is -0.410. The molecular weight excluding hydrogens is 207 g/mol. The molecule has 0 fully saturated rings. The van der Waals surface area contributed by atoms with Crippen LogP contribution in [0.3, 0.4) is 0 Å². The van der Waals surface area contributed by atoms with Crippen molar-refractivity contribution in [2.75, 3.05) is 0 Å². The lowest BCUT2D eigenvalue weighted by Gasteiger charge is -2.04. The number of hydrogen-bond donors (Lipinski definition) is 0. The molecule has 0 radical (unpaired) electrons. The number of aryl methyl sites for hydroxylation is 1. The van der Waals surface area contributed by atoms with Crippen molar-refractivity contribution >= 4 is 23.2 Å². The van der Waals surface area contributed by atoms with Crippen molar-refractivity contribution in [1.29, 1.82) is 0 Å². The fourth-order valence-electron chi connectivity index (χ4n) is 0.744. The van der Waals surface area contributed by atoms with Crippen LogP contribution in [0, 0.1) is 6.92 Å². The van der Waals surface area contributed by atoms with Crippen LogP contribution >= 0.6 is 23.2 Å². The molecule has 0 aliphatic carbocycles. The number of halogens is 4. The van der Waals surface area contributed by atoms with Gasteiger partial charge in [-0.15, -0.1) is 0 Å². The molecule has 0 unspecified atom stereocenters. The first kappa shape index (κ1) is 9.68. The summed E-state index contributed by atoms with van der Waals surface area (Å²) >= 11 is 11.0. The Bertz CT molecular complexity index is 302. The molecule has 1 aromatic rings. The quantitative estimate of drug-likeness (QED) is 0.647. The van der Waals surface area contributed by atoms with E-state index in [4.69, 9.17) is 23.2 Å². The molecule has 0 aromatic carbocycles. The second-order valence-corrected chi connectivity index (χ2v) is 2.99. The molecule has 0 N–H and O–H groups in total. The highest BCUT2D eigenvalue weighted by molar-refractivity contribution is 6.33. The van der Waals surface area contributed by atoms with Crippen LogP contribution in [0.25, 0.3) is 0 Å². The second-order valence-electron chi connectivity index (χ2n) is 2.28. The van der Waals surface area contributed by atoms with Gasteiger partial charge in [-0.05, 0) is 18.6 Å². The number of rotatable bonds is 1. The molecule has 0 amide bonds. The highest BCUT2D eigenvalue weighted by Crippen LogP contribution is 2.28. The largest absolute Gasteiger partial charge is 0.266 e. The van der Waals surface area contributed by atoms with E-state index in [0.29, 0.717) is 5.56 Å². The van der Waals surface area contributed by atoms with Crippen LogP contribution in [0.4, 0.5) is 8.78 Å². The summed E-state index contributed by atoms with van der Waals surface area (Å²) in [6.45, 7) is 1.59. The van der Waals surface area contributed by atoms with Crippen LogP contribution in [-0.4, -0.2) is 4.98 Å². The lowest BCUT2D eigenvalue weighted by molar-refractivity contribution is 0.151. The first-order chi connectivity index (χ1) is 5.52. The van der Waals surface area contributed by atoms with E-state index in [-0.39, 0.29) is 15.9 Å². The van der Waals surface area contributed by atoms with Crippen molar-refractivity contribution < 1.29 is 8.78 Å². The fraction of sp³-hybridized carbons (Fsp3) is 0.286. The van der Waals surface area contributed by atoms with E-state index in [9.17, 15) is 8.78 Å². The van der Waals surface area contributed by atoms with E-state index in [1.807, 2.05) is 0 Å². The van der Waals surface area contributed by atoms with Crippen molar-refractivity contribution in [1.82, 2.24) is 4.98 Å². The van der Waals surface area contributed by atoms with E-state index in [1.54, 1.807) is 6.92 Å². The molecule has 0 bridgehead atoms. The molecule has 1 aromatic heterocycles. The van der Waals surface area contributed by atoms with E-state index >= 15 is 0 Å². The van der Waals surface area contributed by atoms with Gasteiger partial charge in [-0.2, -0.15) is 0 Å². The van der Waals surface area contributed by atoms with Crippen molar-refractivity contribution in [3.8, 4) is 0 Å².